The number of aryl methyl sites for hydroxylation is 1. The minimum absolute atomic E-state index is 0.0227. The molecule has 1 aromatic carbocycles. The van der Waals surface area contributed by atoms with Crippen molar-refractivity contribution in [1.82, 2.24) is 10.3 Å². The van der Waals surface area contributed by atoms with E-state index in [2.05, 4.69) is 39.1 Å². The van der Waals surface area contributed by atoms with Crippen LogP contribution in [0.15, 0.2) is 16.6 Å². The molecule has 2 aromatic rings. The maximum absolute atomic E-state index is 12.4. The van der Waals surface area contributed by atoms with E-state index in [0.717, 1.165) is 50.1 Å². The molecule has 2 aliphatic heterocycles. The molecule has 0 fully saturated rings. The Bertz CT molecular complexity index is 847. The minimum Gasteiger partial charge on any atom is -0.489 e. The molecule has 0 atom stereocenters. The zero-order valence-electron chi connectivity index (χ0n) is 13.8. The number of anilines is 2. The summed E-state index contributed by atoms with van der Waals surface area (Å²) < 4.78 is 6.82. The zero-order valence-corrected chi connectivity index (χ0v) is 16.2. The molecule has 3 heterocycles. The highest BCUT2D eigenvalue weighted by Gasteiger charge is 2.34. The Labute approximate surface area is 153 Å². The Balaban J connectivity index is 1.77. The van der Waals surface area contributed by atoms with Gasteiger partial charge in [0, 0.05) is 16.4 Å². The minimum atomic E-state index is -0.250. The van der Waals surface area contributed by atoms with Crippen LogP contribution in [0.4, 0.5) is 10.8 Å². The fourth-order valence-electron chi connectivity index (χ4n) is 3.12. The number of thiazole rings is 1. The quantitative estimate of drug-likeness (QED) is 0.780. The van der Waals surface area contributed by atoms with Crippen molar-refractivity contribution in [3.05, 3.63) is 32.7 Å². The number of ether oxygens (including phenoxy) is 1. The number of hydrogen-bond donors (Lipinski definition) is 1. The molecule has 2 aliphatic rings. The van der Waals surface area contributed by atoms with Gasteiger partial charge in [0.2, 0.25) is 0 Å². The highest BCUT2D eigenvalue weighted by molar-refractivity contribution is 9.10. The molecule has 7 heteroatoms. The number of nitrogens with one attached hydrogen (secondary N) is 1. The molecular formula is C17H18BrN3O2S. The number of halogens is 1. The smallest absolute Gasteiger partial charge is 0.263 e. The van der Waals surface area contributed by atoms with Gasteiger partial charge in [-0.05, 0) is 38.5 Å². The van der Waals surface area contributed by atoms with Crippen LogP contribution in [0.2, 0.25) is 0 Å². The normalized spacial score (nSPS) is 18.5. The molecule has 0 bridgehead atoms. The summed E-state index contributed by atoms with van der Waals surface area (Å²) in [6, 6.07) is 4.10. The van der Waals surface area contributed by atoms with Gasteiger partial charge in [-0.2, -0.15) is 0 Å². The predicted molar refractivity (Wildman–Crippen MR) is 98.7 cm³/mol. The molecule has 1 aromatic heterocycles. The van der Waals surface area contributed by atoms with E-state index in [4.69, 9.17) is 9.72 Å². The Morgan fingerprint density at radius 3 is 3.00 bits per heavy atom. The van der Waals surface area contributed by atoms with Crippen LogP contribution in [-0.2, 0) is 6.42 Å². The van der Waals surface area contributed by atoms with Crippen LogP contribution in [0.5, 0.6) is 5.75 Å². The molecule has 1 N–H and O–H groups in total. The first-order valence-electron chi connectivity index (χ1n) is 7.87. The third kappa shape index (κ3) is 2.59. The van der Waals surface area contributed by atoms with Gasteiger partial charge in [-0.15, -0.1) is 0 Å². The average molecular weight is 408 g/mol. The molecule has 126 valence electrons. The zero-order chi connectivity index (χ0) is 17.1. The lowest BCUT2D eigenvalue weighted by Gasteiger charge is -2.30. The van der Waals surface area contributed by atoms with Crippen LogP contribution in [-0.4, -0.2) is 29.6 Å². The third-order valence-electron chi connectivity index (χ3n) is 4.29. The van der Waals surface area contributed by atoms with Crippen molar-refractivity contribution in [1.29, 1.82) is 0 Å². The summed E-state index contributed by atoms with van der Waals surface area (Å²) >= 11 is 5.01. The molecule has 1 amide bonds. The van der Waals surface area contributed by atoms with E-state index < -0.39 is 0 Å². The number of nitrogens with zero attached hydrogens (tertiary/aromatic N) is 2. The van der Waals surface area contributed by atoms with Gasteiger partial charge in [-0.3, -0.25) is 4.79 Å². The van der Waals surface area contributed by atoms with E-state index in [0.29, 0.717) is 6.61 Å². The highest BCUT2D eigenvalue weighted by Crippen LogP contribution is 2.42. The van der Waals surface area contributed by atoms with E-state index in [1.807, 2.05) is 19.9 Å². The first-order valence-corrected chi connectivity index (χ1v) is 9.48. The third-order valence-corrected chi connectivity index (χ3v) is 6.26. The van der Waals surface area contributed by atoms with E-state index in [9.17, 15) is 4.79 Å². The summed E-state index contributed by atoms with van der Waals surface area (Å²) in [4.78, 5) is 20.0. The molecule has 0 unspecified atom stereocenters. The lowest BCUT2D eigenvalue weighted by Crippen LogP contribution is -2.48. The van der Waals surface area contributed by atoms with E-state index in [1.165, 1.54) is 11.3 Å². The summed E-state index contributed by atoms with van der Waals surface area (Å²) in [5, 5.41) is 3.91. The summed E-state index contributed by atoms with van der Waals surface area (Å²) in [5.41, 5.74) is 2.79. The number of fused-ring (bicyclic) bond motifs is 2. The van der Waals surface area contributed by atoms with Crippen molar-refractivity contribution in [3.63, 3.8) is 0 Å². The number of benzene rings is 1. The van der Waals surface area contributed by atoms with Gasteiger partial charge in [-0.25, -0.2) is 4.98 Å². The Kier molecular flexibility index (Phi) is 3.61. The van der Waals surface area contributed by atoms with Crippen LogP contribution in [0.3, 0.4) is 0 Å². The second kappa shape index (κ2) is 5.46. The van der Waals surface area contributed by atoms with Crippen molar-refractivity contribution in [2.24, 2.45) is 0 Å². The largest absolute Gasteiger partial charge is 0.489 e. The van der Waals surface area contributed by atoms with Crippen LogP contribution < -0.4 is 15.0 Å². The summed E-state index contributed by atoms with van der Waals surface area (Å²) in [6.07, 6.45) is 0.751. The summed E-state index contributed by atoms with van der Waals surface area (Å²) in [6.45, 7) is 7.44. The van der Waals surface area contributed by atoms with Crippen molar-refractivity contribution >= 4 is 44.0 Å². The number of hydrogen-bond acceptors (Lipinski definition) is 5. The van der Waals surface area contributed by atoms with Gasteiger partial charge in [0.15, 0.2) is 5.13 Å². The van der Waals surface area contributed by atoms with Gasteiger partial charge in [-0.1, -0.05) is 27.3 Å². The standard InChI is InChI=1S/C17H18BrN3O2S/c1-9-6-12-13(7-10(9)18)23-5-4-21(12)16-19-11-8-17(2,3)20-15(22)14(11)24-16/h6-7H,4-5,8H2,1-3H3,(H,20,22). The lowest BCUT2D eigenvalue weighted by molar-refractivity contribution is 0.0901. The van der Waals surface area contributed by atoms with Crippen molar-refractivity contribution < 1.29 is 9.53 Å². The van der Waals surface area contributed by atoms with Crippen LogP contribution in [0, 0.1) is 6.92 Å². The van der Waals surface area contributed by atoms with Gasteiger partial charge in [0.05, 0.1) is 17.9 Å². The van der Waals surface area contributed by atoms with Crippen LogP contribution in [0.25, 0.3) is 0 Å². The van der Waals surface area contributed by atoms with Gasteiger partial charge in [0.1, 0.15) is 17.2 Å². The number of rotatable bonds is 1. The van der Waals surface area contributed by atoms with Gasteiger partial charge in [0.25, 0.3) is 5.91 Å². The van der Waals surface area contributed by atoms with E-state index >= 15 is 0 Å². The maximum Gasteiger partial charge on any atom is 0.263 e. The van der Waals surface area contributed by atoms with Crippen LogP contribution >= 0.6 is 27.3 Å². The summed E-state index contributed by atoms with van der Waals surface area (Å²) in [5.74, 6) is 0.821. The Morgan fingerprint density at radius 1 is 1.42 bits per heavy atom. The molecule has 4 rings (SSSR count). The molecule has 5 nitrogen and oxygen atoms in total. The first-order chi connectivity index (χ1) is 11.3. The second-order valence-electron chi connectivity index (χ2n) is 6.86. The molecule has 0 aliphatic carbocycles. The molecular weight excluding hydrogens is 390 g/mol. The monoisotopic (exact) mass is 407 g/mol. The van der Waals surface area contributed by atoms with Gasteiger partial charge < -0.3 is 15.0 Å². The molecule has 0 saturated carbocycles. The van der Waals surface area contributed by atoms with Crippen molar-refractivity contribution in [3.8, 4) is 5.75 Å². The molecule has 0 saturated heterocycles. The Hall–Kier alpha value is -1.60. The molecule has 0 radical (unpaired) electrons. The number of amides is 1. The average Bonchev–Trinajstić information content (AvgIpc) is 2.90. The number of aromatic nitrogens is 1. The number of carbonyl (C=O) groups is 1. The van der Waals surface area contributed by atoms with E-state index in [1.54, 1.807) is 0 Å². The van der Waals surface area contributed by atoms with Crippen LogP contribution in [0.1, 0.15) is 34.8 Å². The maximum atomic E-state index is 12.4. The molecule has 24 heavy (non-hydrogen) atoms. The summed E-state index contributed by atoms with van der Waals surface area (Å²) in [7, 11) is 0. The van der Waals surface area contributed by atoms with Crippen molar-refractivity contribution in [2.75, 3.05) is 18.1 Å². The topological polar surface area (TPSA) is 54.5 Å². The Morgan fingerprint density at radius 2 is 2.21 bits per heavy atom. The second-order valence-corrected chi connectivity index (χ2v) is 8.69. The van der Waals surface area contributed by atoms with E-state index in [-0.39, 0.29) is 11.4 Å². The molecule has 0 spiro atoms. The SMILES string of the molecule is Cc1cc2c(cc1Br)OCCN2c1nc2c(s1)C(=O)NC(C)(C)C2. The van der Waals surface area contributed by atoms with Gasteiger partial charge >= 0.3 is 0 Å². The highest BCUT2D eigenvalue weighted by atomic mass is 79.9. The first kappa shape index (κ1) is 15.9. The number of carbonyl (C=O) groups excluding carboxylic acids is 1. The predicted octanol–water partition coefficient (Wildman–Crippen LogP) is 3.81. The van der Waals surface area contributed by atoms with Crippen molar-refractivity contribution in [2.45, 2.75) is 32.7 Å². The fraction of sp³-hybridized carbons (Fsp3) is 0.412. The lowest BCUT2D eigenvalue weighted by atomic mass is 9.94. The fourth-order valence-corrected chi connectivity index (χ4v) is 4.46.